The predicted molar refractivity (Wildman–Crippen MR) is 85.1 cm³/mol. The molecule has 1 aromatic carbocycles. The highest BCUT2D eigenvalue weighted by atomic mass is 32.2. The van der Waals surface area contributed by atoms with Crippen molar-refractivity contribution in [2.75, 3.05) is 12.9 Å². The van der Waals surface area contributed by atoms with Gasteiger partial charge in [0, 0.05) is 0 Å². The van der Waals surface area contributed by atoms with Crippen LogP contribution in [-0.4, -0.2) is 33.4 Å². The maximum absolute atomic E-state index is 11.8. The molecule has 0 spiro atoms. The summed E-state index contributed by atoms with van der Waals surface area (Å²) in [6, 6.07) is 8.83. The lowest BCUT2D eigenvalue weighted by Crippen LogP contribution is -2.12. The van der Waals surface area contributed by atoms with Crippen LogP contribution in [0.15, 0.2) is 42.5 Å². The number of carbonyl (C=O) groups is 1. The lowest BCUT2D eigenvalue weighted by atomic mass is 10.2. The van der Waals surface area contributed by atoms with E-state index in [2.05, 4.69) is 4.18 Å². The van der Waals surface area contributed by atoms with E-state index in [1.807, 2.05) is 18.2 Å². The van der Waals surface area contributed by atoms with Gasteiger partial charge in [0.1, 0.15) is 6.10 Å². The van der Waals surface area contributed by atoms with Crippen LogP contribution in [0, 0.1) is 0 Å². The van der Waals surface area contributed by atoms with Gasteiger partial charge in [-0.1, -0.05) is 24.3 Å². The van der Waals surface area contributed by atoms with Crippen LogP contribution in [-0.2, 0) is 19.0 Å². The highest BCUT2D eigenvalue weighted by molar-refractivity contribution is 7.85. The molecule has 0 fully saturated rings. The van der Waals surface area contributed by atoms with E-state index < -0.39 is 10.1 Å². The number of hydrogen-bond donors (Lipinski definition) is 0. The van der Waals surface area contributed by atoms with Crippen molar-refractivity contribution in [1.29, 1.82) is 0 Å². The van der Waals surface area contributed by atoms with Crippen LogP contribution in [0.5, 0.6) is 0 Å². The number of rotatable bonds is 9. The highest BCUT2D eigenvalue weighted by Crippen LogP contribution is 2.06. The summed E-state index contributed by atoms with van der Waals surface area (Å²) in [5.41, 5.74) is 0.528. The first-order valence-electron chi connectivity index (χ1n) is 7.15. The molecule has 6 heteroatoms. The van der Waals surface area contributed by atoms with Gasteiger partial charge in [0.2, 0.25) is 0 Å². The average molecular weight is 326 g/mol. The quantitative estimate of drug-likeness (QED) is 0.302. The van der Waals surface area contributed by atoms with Crippen LogP contribution in [0.1, 0.15) is 36.5 Å². The zero-order valence-electron chi connectivity index (χ0n) is 12.9. The molecular formula is C16H22O5S. The minimum absolute atomic E-state index is 0.200. The van der Waals surface area contributed by atoms with Gasteiger partial charge >= 0.3 is 5.97 Å². The molecule has 0 aliphatic heterocycles. The van der Waals surface area contributed by atoms with Gasteiger partial charge in [-0.25, -0.2) is 4.79 Å². The number of allylic oxidation sites excluding steroid dienone is 1. The summed E-state index contributed by atoms with van der Waals surface area (Å²) >= 11 is 0. The second-order valence-corrected chi connectivity index (χ2v) is 6.57. The van der Waals surface area contributed by atoms with Crippen molar-refractivity contribution in [3.05, 3.63) is 48.0 Å². The Morgan fingerprint density at radius 3 is 2.55 bits per heavy atom. The molecule has 0 aliphatic rings. The largest absolute Gasteiger partial charge is 0.455 e. The Balaban J connectivity index is 2.19. The fraction of sp³-hybridized carbons (Fsp3) is 0.438. The second kappa shape index (κ2) is 9.38. The van der Waals surface area contributed by atoms with Crippen LogP contribution in [0.3, 0.4) is 0 Å². The van der Waals surface area contributed by atoms with Gasteiger partial charge in [-0.15, -0.1) is 0 Å². The van der Waals surface area contributed by atoms with E-state index in [0.29, 0.717) is 12.0 Å². The van der Waals surface area contributed by atoms with Gasteiger partial charge in [0.15, 0.2) is 0 Å². The Bertz CT molecular complexity index is 578. The fourth-order valence-electron chi connectivity index (χ4n) is 1.71. The van der Waals surface area contributed by atoms with Crippen molar-refractivity contribution in [1.82, 2.24) is 0 Å². The van der Waals surface area contributed by atoms with E-state index in [9.17, 15) is 13.2 Å². The average Bonchev–Trinajstić information content (AvgIpc) is 2.46. The standard InChI is InChI=1S/C16H22O5S/c1-14(21-16(17)15-11-7-5-8-12-15)10-6-3-4-9-13-20-22(2,18)19/h5-8,10-12,14H,3-4,9,13H2,1-2H3/b10-6+. The Hall–Kier alpha value is -1.66. The smallest absolute Gasteiger partial charge is 0.338 e. The van der Waals surface area contributed by atoms with Crippen LogP contribution in [0.4, 0.5) is 0 Å². The summed E-state index contributed by atoms with van der Waals surface area (Å²) in [7, 11) is -3.35. The molecule has 0 amide bonds. The third-order valence-electron chi connectivity index (χ3n) is 2.77. The van der Waals surface area contributed by atoms with Crippen LogP contribution in [0.2, 0.25) is 0 Å². The van der Waals surface area contributed by atoms with Crippen LogP contribution < -0.4 is 0 Å². The first kappa shape index (κ1) is 18.4. The molecule has 0 aliphatic carbocycles. The molecule has 1 rings (SSSR count). The first-order valence-corrected chi connectivity index (χ1v) is 8.97. The van der Waals surface area contributed by atoms with Crippen molar-refractivity contribution >= 4 is 16.1 Å². The van der Waals surface area contributed by atoms with Crippen molar-refractivity contribution in [2.24, 2.45) is 0 Å². The van der Waals surface area contributed by atoms with Gasteiger partial charge in [-0.3, -0.25) is 4.18 Å². The molecule has 0 radical (unpaired) electrons. The topological polar surface area (TPSA) is 69.7 Å². The Morgan fingerprint density at radius 1 is 1.23 bits per heavy atom. The van der Waals surface area contributed by atoms with E-state index in [1.54, 1.807) is 31.2 Å². The number of carbonyl (C=O) groups excluding carboxylic acids is 1. The van der Waals surface area contributed by atoms with Gasteiger partial charge in [-0.05, 0) is 44.4 Å². The molecule has 0 saturated carbocycles. The van der Waals surface area contributed by atoms with Gasteiger partial charge < -0.3 is 4.74 Å². The maximum atomic E-state index is 11.8. The molecular weight excluding hydrogens is 304 g/mol. The summed E-state index contributed by atoms with van der Waals surface area (Å²) in [4.78, 5) is 11.8. The summed E-state index contributed by atoms with van der Waals surface area (Å²) in [6.07, 6.45) is 6.72. The Kier molecular flexibility index (Phi) is 7.84. The zero-order valence-corrected chi connectivity index (χ0v) is 13.7. The van der Waals surface area contributed by atoms with Gasteiger partial charge in [0.05, 0.1) is 18.4 Å². The molecule has 22 heavy (non-hydrogen) atoms. The SMILES string of the molecule is CC(/C=C/CCCCOS(C)(=O)=O)OC(=O)c1ccccc1. The summed E-state index contributed by atoms with van der Waals surface area (Å²) in [6.45, 7) is 2.00. The molecule has 0 heterocycles. The van der Waals surface area contributed by atoms with Gasteiger partial charge in [-0.2, -0.15) is 8.42 Å². The van der Waals surface area contributed by atoms with Crippen molar-refractivity contribution in [3.63, 3.8) is 0 Å². The molecule has 0 N–H and O–H groups in total. The Labute approximate surface area is 132 Å². The van der Waals surface area contributed by atoms with Crippen LogP contribution in [0.25, 0.3) is 0 Å². The summed E-state index contributed by atoms with van der Waals surface area (Å²) in [5.74, 6) is -0.348. The monoisotopic (exact) mass is 326 g/mol. The molecule has 1 aromatic rings. The normalized spacial score (nSPS) is 13.2. The number of benzene rings is 1. The fourth-order valence-corrected chi connectivity index (χ4v) is 2.13. The van der Waals surface area contributed by atoms with Crippen molar-refractivity contribution < 1.29 is 22.1 Å². The van der Waals surface area contributed by atoms with E-state index >= 15 is 0 Å². The summed E-state index contributed by atoms with van der Waals surface area (Å²) < 4.78 is 31.4. The minimum atomic E-state index is -3.35. The number of ether oxygens (including phenoxy) is 1. The van der Waals surface area contributed by atoms with Gasteiger partial charge in [0.25, 0.3) is 10.1 Å². The lowest BCUT2D eigenvalue weighted by molar-refractivity contribution is 0.0424. The van der Waals surface area contributed by atoms with E-state index in [-0.39, 0.29) is 18.7 Å². The minimum Gasteiger partial charge on any atom is -0.455 e. The third kappa shape index (κ3) is 8.59. The molecule has 1 atom stereocenters. The molecule has 122 valence electrons. The van der Waals surface area contributed by atoms with E-state index in [0.717, 1.165) is 19.1 Å². The molecule has 0 bridgehead atoms. The first-order chi connectivity index (χ1) is 10.4. The highest BCUT2D eigenvalue weighted by Gasteiger charge is 2.08. The van der Waals surface area contributed by atoms with Crippen LogP contribution >= 0.6 is 0 Å². The maximum Gasteiger partial charge on any atom is 0.338 e. The molecule has 0 saturated heterocycles. The van der Waals surface area contributed by atoms with E-state index in [1.165, 1.54) is 0 Å². The summed E-state index contributed by atoms with van der Waals surface area (Å²) in [5, 5.41) is 0. The second-order valence-electron chi connectivity index (χ2n) is 4.93. The Morgan fingerprint density at radius 2 is 1.91 bits per heavy atom. The molecule has 5 nitrogen and oxygen atoms in total. The van der Waals surface area contributed by atoms with Crippen molar-refractivity contribution in [2.45, 2.75) is 32.3 Å². The number of unbranched alkanes of at least 4 members (excludes halogenated alkanes) is 2. The number of hydrogen-bond acceptors (Lipinski definition) is 5. The lowest BCUT2D eigenvalue weighted by Gasteiger charge is -2.09. The zero-order chi connectivity index (χ0) is 16.4. The molecule has 0 aromatic heterocycles. The van der Waals surface area contributed by atoms with E-state index in [4.69, 9.17) is 4.74 Å². The van der Waals surface area contributed by atoms with Crippen molar-refractivity contribution in [3.8, 4) is 0 Å². The number of esters is 1. The third-order valence-corrected chi connectivity index (χ3v) is 3.37. The molecule has 1 unspecified atom stereocenters. The predicted octanol–water partition coefficient (Wildman–Crippen LogP) is 2.93.